The van der Waals surface area contributed by atoms with Crippen LogP contribution in [0.25, 0.3) is 11.0 Å². The highest BCUT2D eigenvalue weighted by atomic mass is 16.6. The van der Waals surface area contributed by atoms with E-state index in [1.165, 1.54) is 7.11 Å². The maximum Gasteiger partial charge on any atom is 0.339 e. The highest BCUT2D eigenvalue weighted by Crippen LogP contribution is 2.25. The van der Waals surface area contributed by atoms with Gasteiger partial charge in [0.25, 0.3) is 0 Å². The van der Waals surface area contributed by atoms with E-state index in [1.807, 2.05) is 0 Å². The fourth-order valence-corrected chi connectivity index (χ4v) is 1.59. The molecule has 16 heavy (non-hydrogen) atoms. The van der Waals surface area contributed by atoms with Gasteiger partial charge in [-0.05, 0) is 6.07 Å². The van der Waals surface area contributed by atoms with E-state index in [2.05, 4.69) is 10.3 Å². The lowest BCUT2D eigenvalue weighted by molar-refractivity contribution is 0.0682. The zero-order valence-electron chi connectivity index (χ0n) is 8.69. The highest BCUT2D eigenvalue weighted by molar-refractivity contribution is 6.03. The summed E-state index contributed by atoms with van der Waals surface area (Å²) in [7, 11) is 1.46. The Morgan fingerprint density at radius 3 is 2.94 bits per heavy atom. The van der Waals surface area contributed by atoms with Gasteiger partial charge in [0.2, 0.25) is 0 Å². The first-order chi connectivity index (χ1) is 7.74. The smallest absolute Gasteiger partial charge is 0.339 e. The molecule has 1 aromatic heterocycles. The third-order valence-electron chi connectivity index (χ3n) is 2.26. The van der Waals surface area contributed by atoms with Crippen LogP contribution in [0, 0.1) is 0 Å². The maximum absolute atomic E-state index is 11.1. The number of para-hydroxylation sites is 1. The average Bonchev–Trinajstić information content (AvgIpc) is 2.64. The van der Waals surface area contributed by atoms with Crippen LogP contribution >= 0.6 is 0 Å². The van der Waals surface area contributed by atoms with Crippen LogP contribution in [0.15, 0.2) is 28.7 Å². The molecule has 2 N–H and O–H groups in total. The molecule has 1 heterocycles. The molecule has 0 saturated carbocycles. The first-order valence-electron chi connectivity index (χ1n) is 4.73. The number of hydrogen-bond donors (Lipinski definition) is 2. The number of carbonyl (C=O) groups is 1. The zero-order chi connectivity index (χ0) is 11.5. The molecule has 84 valence electrons. The van der Waals surface area contributed by atoms with E-state index in [1.54, 1.807) is 24.3 Å². The summed E-state index contributed by atoms with van der Waals surface area (Å²) >= 11 is 0. The predicted molar refractivity (Wildman–Crippen MR) is 57.0 cm³/mol. The first kappa shape index (κ1) is 10.7. The molecule has 0 atom stereocenters. The van der Waals surface area contributed by atoms with Gasteiger partial charge in [0.05, 0.1) is 13.7 Å². The van der Waals surface area contributed by atoms with Crippen molar-refractivity contribution in [2.75, 3.05) is 7.11 Å². The van der Waals surface area contributed by atoms with Crippen molar-refractivity contribution in [2.24, 2.45) is 0 Å². The molecule has 0 unspecified atom stereocenters. The first-order valence-corrected chi connectivity index (χ1v) is 4.73. The lowest BCUT2D eigenvalue weighted by Gasteiger charge is -1.99. The van der Waals surface area contributed by atoms with Gasteiger partial charge in [-0.2, -0.15) is 5.48 Å². The fourth-order valence-electron chi connectivity index (χ4n) is 1.59. The minimum absolute atomic E-state index is 0.181. The van der Waals surface area contributed by atoms with Crippen LogP contribution in [0.3, 0.4) is 0 Å². The number of furan rings is 1. The van der Waals surface area contributed by atoms with Crippen molar-refractivity contribution in [1.29, 1.82) is 0 Å². The van der Waals surface area contributed by atoms with Gasteiger partial charge in [-0.1, -0.05) is 18.2 Å². The number of aromatic carboxylic acids is 1. The van der Waals surface area contributed by atoms with Gasteiger partial charge < -0.3 is 14.4 Å². The van der Waals surface area contributed by atoms with Gasteiger partial charge in [0.15, 0.2) is 0 Å². The summed E-state index contributed by atoms with van der Waals surface area (Å²) in [6, 6.07) is 7.03. The minimum Gasteiger partial charge on any atom is -0.478 e. The largest absolute Gasteiger partial charge is 0.478 e. The molecule has 0 amide bonds. The van der Waals surface area contributed by atoms with Crippen molar-refractivity contribution in [3.8, 4) is 0 Å². The molecule has 0 aliphatic heterocycles. The van der Waals surface area contributed by atoms with Gasteiger partial charge in [-0.15, -0.1) is 0 Å². The molecule has 0 spiro atoms. The van der Waals surface area contributed by atoms with E-state index >= 15 is 0 Å². The molecule has 0 radical (unpaired) electrons. The van der Waals surface area contributed by atoms with Crippen LogP contribution in [-0.2, 0) is 11.4 Å². The number of rotatable bonds is 4. The quantitative estimate of drug-likeness (QED) is 0.770. The second-order valence-electron chi connectivity index (χ2n) is 3.23. The Morgan fingerprint density at radius 2 is 2.25 bits per heavy atom. The number of hydroxylamine groups is 1. The minimum atomic E-state index is -1.00. The second kappa shape index (κ2) is 4.34. The van der Waals surface area contributed by atoms with Crippen molar-refractivity contribution in [1.82, 2.24) is 5.48 Å². The number of fused-ring (bicyclic) bond motifs is 1. The van der Waals surface area contributed by atoms with E-state index in [9.17, 15) is 4.79 Å². The monoisotopic (exact) mass is 221 g/mol. The number of benzene rings is 1. The number of carboxylic acid groups (broad SMARTS) is 1. The molecular formula is C11H11NO4. The molecule has 0 fully saturated rings. The molecule has 1 aromatic carbocycles. The number of carboxylic acids is 1. The second-order valence-corrected chi connectivity index (χ2v) is 3.23. The number of nitrogens with one attached hydrogen (secondary N) is 1. The summed E-state index contributed by atoms with van der Waals surface area (Å²) in [6.45, 7) is 0.215. The Labute approximate surface area is 91.6 Å². The van der Waals surface area contributed by atoms with E-state index < -0.39 is 5.97 Å². The van der Waals surface area contributed by atoms with E-state index in [0.717, 1.165) is 0 Å². The highest BCUT2D eigenvalue weighted by Gasteiger charge is 2.19. The molecule has 0 aliphatic rings. The lowest BCUT2D eigenvalue weighted by Crippen LogP contribution is -2.12. The molecule has 0 bridgehead atoms. The normalized spacial score (nSPS) is 10.8. The molecule has 0 aliphatic carbocycles. The third kappa shape index (κ3) is 1.78. The fraction of sp³-hybridized carbons (Fsp3) is 0.182. The summed E-state index contributed by atoms with van der Waals surface area (Å²) in [5, 5.41) is 9.72. The third-order valence-corrected chi connectivity index (χ3v) is 2.26. The summed E-state index contributed by atoms with van der Waals surface area (Å²) in [5.74, 6) is -0.645. The van der Waals surface area contributed by atoms with E-state index in [-0.39, 0.29) is 12.1 Å². The summed E-state index contributed by atoms with van der Waals surface area (Å²) in [6.07, 6.45) is 0. The molecular weight excluding hydrogens is 210 g/mol. The summed E-state index contributed by atoms with van der Waals surface area (Å²) in [4.78, 5) is 15.8. The Morgan fingerprint density at radius 1 is 1.50 bits per heavy atom. The van der Waals surface area contributed by atoms with Crippen molar-refractivity contribution in [3.05, 3.63) is 35.6 Å². The summed E-state index contributed by atoms with van der Waals surface area (Å²) in [5.41, 5.74) is 3.31. The van der Waals surface area contributed by atoms with Crippen LogP contribution in [0.1, 0.15) is 16.1 Å². The van der Waals surface area contributed by atoms with Crippen LogP contribution in [0.4, 0.5) is 0 Å². The van der Waals surface area contributed by atoms with Crippen LogP contribution in [0.5, 0.6) is 0 Å². The van der Waals surface area contributed by atoms with Crippen molar-refractivity contribution >= 4 is 16.9 Å². The topological polar surface area (TPSA) is 71.7 Å². The molecule has 0 saturated heterocycles. The van der Waals surface area contributed by atoms with Crippen LogP contribution in [-0.4, -0.2) is 18.2 Å². The Bertz CT molecular complexity index is 518. The van der Waals surface area contributed by atoms with Crippen molar-refractivity contribution in [2.45, 2.75) is 6.54 Å². The van der Waals surface area contributed by atoms with E-state index in [0.29, 0.717) is 16.7 Å². The predicted octanol–water partition coefficient (Wildman–Crippen LogP) is 1.78. The lowest BCUT2D eigenvalue weighted by atomic mass is 10.1. The average molecular weight is 221 g/mol. The van der Waals surface area contributed by atoms with Gasteiger partial charge >= 0.3 is 5.97 Å². The zero-order valence-corrected chi connectivity index (χ0v) is 8.69. The SMILES string of the molecule is CONCc1oc2ccccc2c1C(=O)O. The van der Waals surface area contributed by atoms with Gasteiger partial charge in [0, 0.05) is 5.39 Å². The molecule has 2 aromatic rings. The van der Waals surface area contributed by atoms with E-state index in [4.69, 9.17) is 9.52 Å². The van der Waals surface area contributed by atoms with Crippen LogP contribution < -0.4 is 5.48 Å². The van der Waals surface area contributed by atoms with Crippen molar-refractivity contribution in [3.63, 3.8) is 0 Å². The standard InChI is InChI=1S/C11H11NO4/c1-15-12-6-9-10(11(13)14)7-4-2-3-5-8(7)16-9/h2-5,12H,6H2,1H3,(H,13,14). The molecule has 2 rings (SSSR count). The Balaban J connectivity index is 2.54. The van der Waals surface area contributed by atoms with Crippen molar-refractivity contribution < 1.29 is 19.2 Å². The Kier molecular flexibility index (Phi) is 2.89. The summed E-state index contributed by atoms with van der Waals surface area (Å²) < 4.78 is 5.44. The van der Waals surface area contributed by atoms with Gasteiger partial charge in [0.1, 0.15) is 16.9 Å². The van der Waals surface area contributed by atoms with Gasteiger partial charge in [-0.3, -0.25) is 0 Å². The van der Waals surface area contributed by atoms with Crippen LogP contribution in [0.2, 0.25) is 0 Å². The van der Waals surface area contributed by atoms with Gasteiger partial charge in [-0.25, -0.2) is 4.79 Å². The molecule has 5 nitrogen and oxygen atoms in total. The Hall–Kier alpha value is -1.85. The maximum atomic E-state index is 11.1. The molecule has 5 heteroatoms. The number of hydrogen-bond acceptors (Lipinski definition) is 4.